The number of hydrogen-bond acceptors (Lipinski definition) is 5. The summed E-state index contributed by atoms with van der Waals surface area (Å²) in [5.74, 6) is 0.858. The maximum absolute atomic E-state index is 11.8. The molecule has 0 heterocycles. The minimum absolute atomic E-state index is 0.00207. The van der Waals surface area contributed by atoms with Gasteiger partial charge in [0.1, 0.15) is 6.04 Å². The Kier molecular flexibility index (Phi) is 7.37. The highest BCUT2D eigenvalue weighted by Crippen LogP contribution is 2.60. The molecule has 0 aliphatic heterocycles. The van der Waals surface area contributed by atoms with Crippen LogP contribution in [0.1, 0.15) is 79.1 Å². The van der Waals surface area contributed by atoms with E-state index in [1.165, 1.54) is 5.57 Å². The normalized spacial score (nSPS) is 42.1. The molecule has 0 radical (unpaired) electrons. The smallest absolute Gasteiger partial charge is 0.155 e. The van der Waals surface area contributed by atoms with Crippen molar-refractivity contribution in [2.24, 2.45) is 34.1 Å². The summed E-state index contributed by atoms with van der Waals surface area (Å²) in [7, 11) is 0. The Labute approximate surface area is 187 Å². The molecule has 3 saturated carbocycles. The molecule has 3 fully saturated rings. The molecule has 31 heavy (non-hydrogen) atoms. The van der Waals surface area contributed by atoms with Crippen LogP contribution < -0.4 is 5.73 Å². The summed E-state index contributed by atoms with van der Waals surface area (Å²) in [5, 5.41) is 13.6. The van der Waals surface area contributed by atoms with Crippen molar-refractivity contribution in [2.45, 2.75) is 96.7 Å². The second-order valence-corrected chi connectivity index (χ2v) is 10.4. The molecule has 0 aromatic carbocycles. The van der Waals surface area contributed by atoms with Crippen molar-refractivity contribution < 1.29 is 9.90 Å². The molecule has 0 bridgehead atoms. The van der Waals surface area contributed by atoms with Crippen molar-refractivity contribution in [1.82, 2.24) is 0 Å². The molecule has 3 rings (SSSR count). The van der Waals surface area contributed by atoms with Crippen molar-refractivity contribution in [2.75, 3.05) is 0 Å². The molecule has 7 atom stereocenters. The number of allylic oxidation sites excluding steroid dienone is 4. The van der Waals surface area contributed by atoms with Gasteiger partial charge in [0.2, 0.25) is 0 Å². The van der Waals surface area contributed by atoms with Gasteiger partial charge in [-0.2, -0.15) is 4.91 Å². The molecule has 3 N–H and O–H groups in total. The highest BCUT2D eigenvalue weighted by atomic mass is 16.3. The number of nitroso groups, excluding NO2 is 1. The Morgan fingerprint density at radius 1 is 1.32 bits per heavy atom. The molecule has 0 aromatic heterocycles. The van der Waals surface area contributed by atoms with Crippen LogP contribution in [0.25, 0.3) is 0 Å². The fourth-order valence-electron chi connectivity index (χ4n) is 6.45. The van der Waals surface area contributed by atoms with Crippen molar-refractivity contribution in [3.8, 4) is 0 Å². The number of ketones is 1. The standard InChI is InChI=1S/C26H40N2O3/c1-5-21(29)11-8-17(2)22-12-14-26(27)20(7-6-13-25(22,26)4)10-9-19-15-23(28-31)18(3)24(30)16-19/h8-11,17-18,22-24,30H,5-7,12-16,27H2,1-4H3/b11-8+,19-9-,20-10+/t17-,18-,22+,23+,24?,25?,26+/m0/s1. The first-order valence-corrected chi connectivity index (χ1v) is 12.1. The van der Waals surface area contributed by atoms with Crippen LogP contribution in [0.4, 0.5) is 0 Å². The molecule has 172 valence electrons. The lowest BCUT2D eigenvalue weighted by Crippen LogP contribution is -2.56. The third-order valence-electron chi connectivity index (χ3n) is 8.78. The number of nitrogens with zero attached hydrogens (tertiary/aromatic N) is 1. The molecule has 0 amide bonds. The summed E-state index contributed by atoms with van der Waals surface area (Å²) < 4.78 is 0. The van der Waals surface area contributed by atoms with Crippen LogP contribution in [0.3, 0.4) is 0 Å². The Morgan fingerprint density at radius 3 is 2.74 bits per heavy atom. The van der Waals surface area contributed by atoms with Gasteiger partial charge < -0.3 is 10.8 Å². The number of nitrogens with two attached hydrogens (primary N) is 1. The van der Waals surface area contributed by atoms with E-state index in [0.717, 1.165) is 37.7 Å². The number of hydrogen-bond donors (Lipinski definition) is 2. The van der Waals surface area contributed by atoms with Gasteiger partial charge in [-0.3, -0.25) is 4.79 Å². The molecule has 3 aliphatic rings. The number of fused-ring (bicyclic) bond motifs is 1. The third-order valence-corrected chi connectivity index (χ3v) is 8.78. The van der Waals surface area contributed by atoms with Gasteiger partial charge in [0.25, 0.3) is 0 Å². The van der Waals surface area contributed by atoms with Gasteiger partial charge >= 0.3 is 0 Å². The summed E-state index contributed by atoms with van der Waals surface area (Å²) in [5.41, 5.74) is 9.20. The maximum atomic E-state index is 11.8. The zero-order valence-corrected chi connectivity index (χ0v) is 19.6. The van der Waals surface area contributed by atoms with Crippen molar-refractivity contribution in [3.63, 3.8) is 0 Å². The quantitative estimate of drug-likeness (QED) is 0.447. The summed E-state index contributed by atoms with van der Waals surface area (Å²) in [6.07, 6.45) is 14.6. The first-order chi connectivity index (χ1) is 14.7. The van der Waals surface area contributed by atoms with Gasteiger partial charge in [-0.25, -0.2) is 0 Å². The highest BCUT2D eigenvalue weighted by Gasteiger charge is 2.58. The first kappa shape index (κ1) is 24.1. The predicted molar refractivity (Wildman–Crippen MR) is 125 cm³/mol. The lowest BCUT2D eigenvalue weighted by atomic mass is 9.57. The second kappa shape index (κ2) is 9.50. The molecule has 3 aliphatic carbocycles. The predicted octanol–water partition coefficient (Wildman–Crippen LogP) is 5.23. The number of carbonyl (C=O) groups is 1. The highest BCUT2D eigenvalue weighted by molar-refractivity contribution is 5.89. The molecule has 0 saturated heterocycles. The Balaban J connectivity index is 1.82. The summed E-state index contributed by atoms with van der Waals surface area (Å²) in [6.45, 7) is 8.36. The minimum atomic E-state index is -0.515. The Hall–Kier alpha value is -1.59. The number of rotatable bonds is 6. The zero-order valence-electron chi connectivity index (χ0n) is 19.6. The summed E-state index contributed by atoms with van der Waals surface area (Å²) in [4.78, 5) is 22.9. The third kappa shape index (κ3) is 4.49. The Bertz CT molecular complexity index is 786. The molecule has 5 heteroatoms. The van der Waals surface area contributed by atoms with E-state index in [-0.39, 0.29) is 28.7 Å². The fourth-order valence-corrected chi connectivity index (χ4v) is 6.45. The number of aliphatic hydroxyl groups is 1. The van der Waals surface area contributed by atoms with Crippen LogP contribution in [-0.4, -0.2) is 28.6 Å². The van der Waals surface area contributed by atoms with Gasteiger partial charge in [0, 0.05) is 17.9 Å². The van der Waals surface area contributed by atoms with Crippen LogP contribution in [0.15, 0.2) is 40.6 Å². The number of carbonyl (C=O) groups excluding carboxylic acids is 1. The van der Waals surface area contributed by atoms with Crippen LogP contribution in [0, 0.1) is 28.1 Å². The van der Waals surface area contributed by atoms with Crippen LogP contribution in [0.5, 0.6) is 0 Å². The minimum Gasteiger partial charge on any atom is -0.392 e. The van der Waals surface area contributed by atoms with Crippen molar-refractivity contribution >= 4 is 5.78 Å². The molecule has 0 aromatic rings. The van der Waals surface area contributed by atoms with E-state index in [0.29, 0.717) is 31.1 Å². The van der Waals surface area contributed by atoms with Gasteiger partial charge in [-0.1, -0.05) is 56.7 Å². The second-order valence-electron chi connectivity index (χ2n) is 10.4. The van der Waals surface area contributed by atoms with Gasteiger partial charge in [-0.15, -0.1) is 0 Å². The summed E-state index contributed by atoms with van der Waals surface area (Å²) >= 11 is 0. The zero-order chi connectivity index (χ0) is 22.8. The largest absolute Gasteiger partial charge is 0.392 e. The van der Waals surface area contributed by atoms with Crippen LogP contribution in [-0.2, 0) is 4.79 Å². The average molecular weight is 429 g/mol. The Morgan fingerprint density at radius 2 is 2.06 bits per heavy atom. The first-order valence-electron chi connectivity index (χ1n) is 12.1. The molecule has 2 unspecified atom stereocenters. The van der Waals surface area contributed by atoms with E-state index in [9.17, 15) is 14.8 Å². The van der Waals surface area contributed by atoms with Crippen molar-refractivity contribution in [1.29, 1.82) is 0 Å². The van der Waals surface area contributed by atoms with Gasteiger partial charge in [-0.05, 0) is 73.8 Å². The average Bonchev–Trinajstić information content (AvgIpc) is 3.03. The molecule has 0 spiro atoms. The van der Waals surface area contributed by atoms with Gasteiger partial charge in [0.05, 0.1) is 6.10 Å². The fraction of sp³-hybridized carbons (Fsp3) is 0.731. The number of aliphatic hydroxyl groups excluding tert-OH is 1. The van der Waals surface area contributed by atoms with E-state index in [4.69, 9.17) is 5.73 Å². The maximum Gasteiger partial charge on any atom is 0.155 e. The van der Waals surface area contributed by atoms with E-state index in [1.54, 1.807) is 6.08 Å². The van der Waals surface area contributed by atoms with Crippen molar-refractivity contribution in [3.05, 3.63) is 40.4 Å². The molecule has 5 nitrogen and oxygen atoms in total. The van der Waals surface area contributed by atoms with E-state index < -0.39 is 6.10 Å². The molecular weight excluding hydrogens is 388 g/mol. The van der Waals surface area contributed by atoms with E-state index in [2.05, 4.69) is 37.3 Å². The van der Waals surface area contributed by atoms with E-state index >= 15 is 0 Å². The van der Waals surface area contributed by atoms with Gasteiger partial charge in [0.15, 0.2) is 5.78 Å². The lowest BCUT2D eigenvalue weighted by molar-refractivity contribution is -0.114. The monoisotopic (exact) mass is 428 g/mol. The molecular formula is C26H40N2O3. The van der Waals surface area contributed by atoms with Crippen LogP contribution in [0.2, 0.25) is 0 Å². The van der Waals surface area contributed by atoms with E-state index in [1.807, 2.05) is 13.8 Å². The summed E-state index contributed by atoms with van der Waals surface area (Å²) in [6, 6.07) is -0.355. The SMILES string of the molecule is CCC(=O)/C=C/[C@H](C)[C@H]1CC[C@@]2(N)/C(=C/C=C3\CC(O)[C@@H](C)[C@H](N=O)C3)CCCC12C. The lowest BCUT2D eigenvalue weighted by Gasteiger charge is -2.50. The van der Waals surface area contributed by atoms with Crippen LogP contribution >= 0.6 is 0 Å². The topological polar surface area (TPSA) is 92.8 Å².